The maximum Gasteiger partial charge on any atom is 0.123 e. The number of fused-ring (bicyclic) bond motifs is 1. The Morgan fingerprint density at radius 3 is 2.95 bits per heavy atom. The number of hydrogen-bond acceptors (Lipinski definition) is 3. The number of rotatable bonds is 4. The molecular formula is C17H17BrO3. The van der Waals surface area contributed by atoms with Crippen LogP contribution in [0.15, 0.2) is 46.9 Å². The third-order valence-electron chi connectivity index (χ3n) is 3.87. The maximum absolute atomic E-state index is 10.6. The quantitative estimate of drug-likeness (QED) is 0.918. The Balaban J connectivity index is 1.82. The van der Waals surface area contributed by atoms with Crippen molar-refractivity contribution >= 4 is 15.9 Å². The molecule has 21 heavy (non-hydrogen) atoms. The first kappa shape index (κ1) is 14.4. The molecule has 0 amide bonds. The molecule has 0 fully saturated rings. The molecule has 0 saturated carbocycles. The summed E-state index contributed by atoms with van der Waals surface area (Å²) in [6.45, 7) is 0.525. The molecule has 1 N–H and O–H groups in total. The van der Waals surface area contributed by atoms with Gasteiger partial charge in [0.25, 0.3) is 0 Å². The lowest BCUT2D eigenvalue weighted by Crippen LogP contribution is -2.22. The first-order valence-electron chi connectivity index (χ1n) is 6.91. The summed E-state index contributed by atoms with van der Waals surface area (Å²) >= 11 is 3.46. The van der Waals surface area contributed by atoms with Crippen molar-refractivity contribution in [1.82, 2.24) is 0 Å². The van der Waals surface area contributed by atoms with Gasteiger partial charge >= 0.3 is 0 Å². The minimum Gasteiger partial charge on any atom is -0.496 e. The molecule has 2 aromatic carbocycles. The summed E-state index contributed by atoms with van der Waals surface area (Å²) < 4.78 is 12.0. The summed E-state index contributed by atoms with van der Waals surface area (Å²) in [6, 6.07) is 13.7. The van der Waals surface area contributed by atoms with E-state index in [1.54, 1.807) is 7.11 Å². The van der Waals surface area contributed by atoms with Gasteiger partial charge in [-0.2, -0.15) is 0 Å². The molecule has 0 bridgehead atoms. The van der Waals surface area contributed by atoms with E-state index < -0.39 is 6.10 Å². The first-order chi connectivity index (χ1) is 10.2. The molecule has 0 spiro atoms. The second kappa shape index (κ2) is 6.08. The highest BCUT2D eigenvalue weighted by Gasteiger charge is 2.30. The van der Waals surface area contributed by atoms with Gasteiger partial charge in [0.1, 0.15) is 11.5 Å². The van der Waals surface area contributed by atoms with Crippen LogP contribution in [0.1, 0.15) is 17.0 Å². The number of hydrogen-bond donors (Lipinski definition) is 1. The number of halogens is 1. The second-order valence-electron chi connectivity index (χ2n) is 5.18. The van der Waals surface area contributed by atoms with Gasteiger partial charge in [-0.1, -0.05) is 34.1 Å². The number of aliphatic hydroxyl groups excluding tert-OH is 1. The van der Waals surface area contributed by atoms with E-state index in [0.717, 1.165) is 27.1 Å². The number of methoxy groups -OCH3 is 1. The predicted octanol–water partition coefficient (Wildman–Crippen LogP) is 3.54. The van der Waals surface area contributed by atoms with Crippen molar-refractivity contribution in [3.63, 3.8) is 0 Å². The molecule has 0 saturated heterocycles. The fraction of sp³-hybridized carbons (Fsp3) is 0.294. The van der Waals surface area contributed by atoms with Crippen LogP contribution in [0, 0.1) is 0 Å². The molecule has 2 unspecified atom stereocenters. The Kier molecular flexibility index (Phi) is 4.17. The zero-order valence-corrected chi connectivity index (χ0v) is 13.3. The van der Waals surface area contributed by atoms with E-state index in [1.165, 1.54) is 0 Å². The Bertz CT molecular complexity index is 642. The highest BCUT2D eigenvalue weighted by Crippen LogP contribution is 2.37. The van der Waals surface area contributed by atoms with Crippen LogP contribution < -0.4 is 9.47 Å². The number of benzene rings is 2. The summed E-state index contributed by atoms with van der Waals surface area (Å²) in [4.78, 5) is 0. The van der Waals surface area contributed by atoms with E-state index in [4.69, 9.17) is 9.47 Å². The van der Waals surface area contributed by atoms with Gasteiger partial charge in [0.2, 0.25) is 0 Å². The van der Waals surface area contributed by atoms with Gasteiger partial charge in [-0.25, -0.2) is 0 Å². The molecule has 3 nitrogen and oxygen atoms in total. The van der Waals surface area contributed by atoms with Crippen LogP contribution >= 0.6 is 15.9 Å². The largest absolute Gasteiger partial charge is 0.496 e. The molecular weight excluding hydrogens is 332 g/mol. The molecule has 2 atom stereocenters. The van der Waals surface area contributed by atoms with Crippen molar-refractivity contribution in [2.24, 2.45) is 0 Å². The van der Waals surface area contributed by atoms with Crippen molar-refractivity contribution in [2.45, 2.75) is 18.4 Å². The SMILES string of the molecule is COc1ccc(Br)cc1CC(O)C1COc2ccccc21. The third kappa shape index (κ3) is 2.92. The monoisotopic (exact) mass is 348 g/mol. The summed E-state index contributed by atoms with van der Waals surface area (Å²) in [5.41, 5.74) is 2.07. The van der Waals surface area contributed by atoms with E-state index in [2.05, 4.69) is 15.9 Å². The standard InChI is InChI=1S/C17H17BrO3/c1-20-16-7-6-12(18)8-11(16)9-15(19)14-10-21-17-5-3-2-4-13(14)17/h2-8,14-15,19H,9-10H2,1H3. The van der Waals surface area contributed by atoms with E-state index in [1.807, 2.05) is 42.5 Å². The van der Waals surface area contributed by atoms with Crippen LogP contribution in [0.2, 0.25) is 0 Å². The highest BCUT2D eigenvalue weighted by molar-refractivity contribution is 9.10. The van der Waals surface area contributed by atoms with Crippen molar-refractivity contribution in [1.29, 1.82) is 0 Å². The lowest BCUT2D eigenvalue weighted by Gasteiger charge is -2.19. The Morgan fingerprint density at radius 1 is 1.33 bits per heavy atom. The second-order valence-corrected chi connectivity index (χ2v) is 6.10. The van der Waals surface area contributed by atoms with Gasteiger partial charge in [-0.3, -0.25) is 0 Å². The molecule has 0 aromatic heterocycles. The fourth-order valence-electron chi connectivity index (χ4n) is 2.78. The normalized spacial score (nSPS) is 18.0. The van der Waals surface area contributed by atoms with Gasteiger partial charge in [0.15, 0.2) is 0 Å². The lowest BCUT2D eigenvalue weighted by atomic mass is 9.91. The molecule has 2 aromatic rings. The van der Waals surface area contributed by atoms with Crippen LogP contribution in [0.3, 0.4) is 0 Å². The van der Waals surface area contributed by atoms with Gasteiger partial charge in [-0.05, 0) is 29.8 Å². The van der Waals surface area contributed by atoms with Crippen LogP contribution in [0.4, 0.5) is 0 Å². The predicted molar refractivity (Wildman–Crippen MR) is 85.1 cm³/mol. The van der Waals surface area contributed by atoms with Crippen molar-refractivity contribution in [3.05, 3.63) is 58.1 Å². The van der Waals surface area contributed by atoms with E-state index >= 15 is 0 Å². The minimum absolute atomic E-state index is 0.00453. The Morgan fingerprint density at radius 2 is 2.14 bits per heavy atom. The third-order valence-corrected chi connectivity index (χ3v) is 4.37. The lowest BCUT2D eigenvalue weighted by molar-refractivity contribution is 0.128. The minimum atomic E-state index is -0.503. The highest BCUT2D eigenvalue weighted by atomic mass is 79.9. The first-order valence-corrected chi connectivity index (χ1v) is 7.70. The molecule has 1 aliphatic rings. The van der Waals surface area contributed by atoms with E-state index in [-0.39, 0.29) is 5.92 Å². The van der Waals surface area contributed by atoms with Gasteiger partial charge in [0, 0.05) is 22.4 Å². The number of para-hydroxylation sites is 1. The molecule has 4 heteroatoms. The number of aliphatic hydroxyl groups is 1. The molecule has 0 radical (unpaired) electrons. The maximum atomic E-state index is 10.6. The summed E-state index contributed by atoms with van der Waals surface area (Å²) in [5.74, 6) is 1.68. The smallest absolute Gasteiger partial charge is 0.123 e. The molecule has 110 valence electrons. The Hall–Kier alpha value is -1.52. The fourth-order valence-corrected chi connectivity index (χ4v) is 3.19. The zero-order chi connectivity index (χ0) is 14.8. The van der Waals surface area contributed by atoms with Crippen LogP contribution in [-0.4, -0.2) is 24.9 Å². The summed E-state index contributed by atoms with van der Waals surface area (Å²) in [7, 11) is 1.65. The van der Waals surface area contributed by atoms with Crippen LogP contribution in [-0.2, 0) is 6.42 Å². The van der Waals surface area contributed by atoms with Crippen molar-refractivity contribution < 1.29 is 14.6 Å². The van der Waals surface area contributed by atoms with E-state index in [0.29, 0.717) is 13.0 Å². The van der Waals surface area contributed by atoms with Crippen molar-refractivity contribution in [2.75, 3.05) is 13.7 Å². The molecule has 0 aliphatic carbocycles. The van der Waals surface area contributed by atoms with Crippen LogP contribution in [0.25, 0.3) is 0 Å². The number of ether oxygens (including phenoxy) is 2. The average Bonchev–Trinajstić information content (AvgIpc) is 2.91. The van der Waals surface area contributed by atoms with Gasteiger partial charge in [0.05, 0.1) is 19.8 Å². The van der Waals surface area contributed by atoms with E-state index in [9.17, 15) is 5.11 Å². The van der Waals surface area contributed by atoms with Gasteiger partial charge < -0.3 is 14.6 Å². The topological polar surface area (TPSA) is 38.7 Å². The van der Waals surface area contributed by atoms with Crippen molar-refractivity contribution in [3.8, 4) is 11.5 Å². The summed E-state index contributed by atoms with van der Waals surface area (Å²) in [5, 5.41) is 10.6. The molecule has 1 heterocycles. The molecule has 3 rings (SSSR count). The average molecular weight is 349 g/mol. The van der Waals surface area contributed by atoms with Crippen LogP contribution in [0.5, 0.6) is 11.5 Å². The van der Waals surface area contributed by atoms with Gasteiger partial charge in [-0.15, -0.1) is 0 Å². The molecule has 1 aliphatic heterocycles. The Labute approximate surface area is 132 Å². The zero-order valence-electron chi connectivity index (χ0n) is 11.8. The summed E-state index contributed by atoms with van der Waals surface area (Å²) in [6.07, 6.45) is 0.0298.